The zero-order chi connectivity index (χ0) is 19.2. The highest BCUT2D eigenvalue weighted by atomic mass is 32.2. The Morgan fingerprint density at radius 1 is 1.15 bits per heavy atom. The monoisotopic (exact) mass is 376 g/mol. The molecule has 0 saturated carbocycles. The Morgan fingerprint density at radius 3 is 2.46 bits per heavy atom. The molecule has 1 unspecified atom stereocenters. The zero-order valence-corrected chi connectivity index (χ0v) is 16.0. The molecule has 0 radical (unpaired) electrons. The fourth-order valence-electron chi connectivity index (χ4n) is 2.53. The number of amides is 1. The molecule has 7 heteroatoms. The van der Waals surface area contributed by atoms with E-state index in [9.17, 15) is 13.2 Å². The van der Waals surface area contributed by atoms with Gasteiger partial charge in [0.05, 0.1) is 19.4 Å². The second-order valence-electron chi connectivity index (χ2n) is 6.14. The summed E-state index contributed by atoms with van der Waals surface area (Å²) in [7, 11) is -1.72. The first-order valence-corrected chi connectivity index (χ1v) is 10.2. The van der Waals surface area contributed by atoms with Gasteiger partial charge in [-0.15, -0.1) is 0 Å². The highest BCUT2D eigenvalue weighted by Crippen LogP contribution is 2.18. The average Bonchev–Trinajstić information content (AvgIpc) is 2.59. The van der Waals surface area contributed by atoms with Crippen LogP contribution in [0.4, 0.5) is 5.69 Å². The minimum absolute atomic E-state index is 0.0604. The molecule has 1 amide bonds. The lowest BCUT2D eigenvalue weighted by Crippen LogP contribution is -2.26. The van der Waals surface area contributed by atoms with Crippen LogP contribution in [0.1, 0.15) is 30.5 Å². The van der Waals surface area contributed by atoms with Gasteiger partial charge in [-0.3, -0.25) is 9.52 Å². The number of nitrogens with one attached hydrogen (secondary N) is 2. The molecule has 0 aliphatic carbocycles. The Hall–Kier alpha value is -2.54. The fraction of sp³-hybridized carbons (Fsp3) is 0.316. The van der Waals surface area contributed by atoms with Crippen LogP contribution in [0.2, 0.25) is 0 Å². The molecular weight excluding hydrogens is 352 g/mol. The number of hydrogen-bond acceptors (Lipinski definition) is 4. The maximum Gasteiger partial charge on any atom is 0.229 e. The third kappa shape index (κ3) is 6.40. The first-order chi connectivity index (χ1) is 12.3. The van der Waals surface area contributed by atoms with Crippen molar-refractivity contribution in [2.75, 3.05) is 18.1 Å². The third-order valence-corrected chi connectivity index (χ3v) is 4.47. The van der Waals surface area contributed by atoms with Gasteiger partial charge in [-0.2, -0.15) is 0 Å². The molecule has 26 heavy (non-hydrogen) atoms. The SMILES string of the molecule is COc1ccc(CCC(=O)NC(C)c2cccc(NS(C)(=O)=O)c2)cc1. The summed E-state index contributed by atoms with van der Waals surface area (Å²) in [5.74, 6) is 0.726. The Kier molecular flexibility index (Phi) is 6.63. The Balaban J connectivity index is 1.90. The van der Waals surface area contributed by atoms with Crippen LogP contribution in [0.3, 0.4) is 0 Å². The summed E-state index contributed by atoms with van der Waals surface area (Å²) >= 11 is 0. The molecule has 0 spiro atoms. The molecule has 2 rings (SSSR count). The van der Waals surface area contributed by atoms with E-state index >= 15 is 0 Å². The molecular formula is C19H24N2O4S. The van der Waals surface area contributed by atoms with Gasteiger partial charge >= 0.3 is 0 Å². The minimum atomic E-state index is -3.33. The first-order valence-electron chi connectivity index (χ1n) is 8.27. The number of anilines is 1. The van der Waals surface area contributed by atoms with Crippen molar-refractivity contribution in [3.05, 3.63) is 59.7 Å². The lowest BCUT2D eigenvalue weighted by molar-refractivity contribution is -0.121. The Morgan fingerprint density at radius 2 is 1.85 bits per heavy atom. The summed E-state index contributed by atoms with van der Waals surface area (Å²) in [6.07, 6.45) is 2.11. The number of sulfonamides is 1. The molecule has 0 fully saturated rings. The number of rotatable bonds is 8. The molecule has 2 aromatic rings. The van der Waals surface area contributed by atoms with E-state index in [4.69, 9.17) is 4.74 Å². The molecule has 0 saturated heterocycles. The third-order valence-electron chi connectivity index (χ3n) is 3.87. The number of benzene rings is 2. The maximum atomic E-state index is 12.2. The van der Waals surface area contributed by atoms with Crippen molar-refractivity contribution in [3.63, 3.8) is 0 Å². The van der Waals surface area contributed by atoms with Crippen LogP contribution in [0.25, 0.3) is 0 Å². The second kappa shape index (κ2) is 8.71. The van der Waals surface area contributed by atoms with Crippen LogP contribution >= 0.6 is 0 Å². The molecule has 0 aromatic heterocycles. The van der Waals surface area contributed by atoms with Crippen molar-refractivity contribution >= 4 is 21.6 Å². The van der Waals surface area contributed by atoms with E-state index in [2.05, 4.69) is 10.0 Å². The summed E-state index contributed by atoms with van der Waals surface area (Å²) in [6, 6.07) is 14.4. The van der Waals surface area contributed by atoms with Crippen molar-refractivity contribution in [2.24, 2.45) is 0 Å². The minimum Gasteiger partial charge on any atom is -0.497 e. The highest BCUT2D eigenvalue weighted by molar-refractivity contribution is 7.92. The highest BCUT2D eigenvalue weighted by Gasteiger charge is 2.11. The van der Waals surface area contributed by atoms with Gasteiger partial charge in [0.25, 0.3) is 0 Å². The Labute approximate surface area is 154 Å². The molecule has 140 valence electrons. The molecule has 0 heterocycles. The molecule has 2 N–H and O–H groups in total. The predicted octanol–water partition coefficient (Wildman–Crippen LogP) is 2.88. The zero-order valence-electron chi connectivity index (χ0n) is 15.2. The van der Waals surface area contributed by atoms with Gasteiger partial charge in [-0.25, -0.2) is 8.42 Å². The molecule has 0 bridgehead atoms. The molecule has 0 aliphatic heterocycles. The standard InChI is InChI=1S/C19H24N2O4S/c1-14(16-5-4-6-17(13-16)21-26(3,23)24)20-19(22)12-9-15-7-10-18(25-2)11-8-15/h4-8,10-11,13-14,21H,9,12H2,1-3H3,(H,20,22). The number of carbonyl (C=O) groups is 1. The van der Waals surface area contributed by atoms with E-state index in [0.717, 1.165) is 23.1 Å². The van der Waals surface area contributed by atoms with Crippen molar-refractivity contribution < 1.29 is 17.9 Å². The average molecular weight is 376 g/mol. The van der Waals surface area contributed by atoms with Crippen molar-refractivity contribution in [1.82, 2.24) is 5.32 Å². The van der Waals surface area contributed by atoms with Gasteiger partial charge in [0.1, 0.15) is 5.75 Å². The van der Waals surface area contributed by atoms with Crippen molar-refractivity contribution in [3.8, 4) is 5.75 Å². The van der Waals surface area contributed by atoms with E-state index in [-0.39, 0.29) is 11.9 Å². The number of hydrogen-bond donors (Lipinski definition) is 2. The Bertz CT molecular complexity index is 848. The summed E-state index contributed by atoms with van der Waals surface area (Å²) in [5, 5.41) is 2.94. The number of carbonyl (C=O) groups excluding carboxylic acids is 1. The van der Waals surface area contributed by atoms with E-state index in [1.807, 2.05) is 37.3 Å². The quantitative estimate of drug-likeness (QED) is 0.742. The van der Waals surface area contributed by atoms with Gasteiger partial charge in [0.15, 0.2) is 0 Å². The van der Waals surface area contributed by atoms with Gasteiger partial charge in [0, 0.05) is 12.1 Å². The van der Waals surface area contributed by atoms with E-state index < -0.39 is 10.0 Å². The lowest BCUT2D eigenvalue weighted by Gasteiger charge is -2.16. The first kappa shape index (κ1) is 19.8. The van der Waals surface area contributed by atoms with Crippen LogP contribution in [-0.4, -0.2) is 27.7 Å². The molecule has 0 aliphatic rings. The molecule has 1 atom stereocenters. The van der Waals surface area contributed by atoms with E-state index in [1.54, 1.807) is 25.3 Å². The van der Waals surface area contributed by atoms with Crippen molar-refractivity contribution in [2.45, 2.75) is 25.8 Å². The summed E-state index contributed by atoms with van der Waals surface area (Å²) < 4.78 is 30.2. The second-order valence-corrected chi connectivity index (χ2v) is 7.89. The molecule has 2 aromatic carbocycles. The molecule has 6 nitrogen and oxygen atoms in total. The fourth-order valence-corrected chi connectivity index (χ4v) is 3.09. The van der Waals surface area contributed by atoms with Crippen LogP contribution in [0.15, 0.2) is 48.5 Å². The van der Waals surface area contributed by atoms with Gasteiger partial charge in [-0.05, 0) is 48.7 Å². The van der Waals surface area contributed by atoms with Gasteiger partial charge < -0.3 is 10.1 Å². The van der Waals surface area contributed by atoms with E-state index in [0.29, 0.717) is 18.5 Å². The number of ether oxygens (including phenoxy) is 1. The van der Waals surface area contributed by atoms with Crippen LogP contribution in [0.5, 0.6) is 5.75 Å². The number of methoxy groups -OCH3 is 1. The lowest BCUT2D eigenvalue weighted by atomic mass is 10.1. The topological polar surface area (TPSA) is 84.5 Å². The summed E-state index contributed by atoms with van der Waals surface area (Å²) in [5.41, 5.74) is 2.37. The smallest absolute Gasteiger partial charge is 0.229 e. The largest absolute Gasteiger partial charge is 0.497 e. The van der Waals surface area contributed by atoms with Crippen LogP contribution in [-0.2, 0) is 21.2 Å². The van der Waals surface area contributed by atoms with Crippen molar-refractivity contribution in [1.29, 1.82) is 0 Å². The number of aryl methyl sites for hydroxylation is 1. The van der Waals surface area contributed by atoms with E-state index in [1.165, 1.54) is 0 Å². The van der Waals surface area contributed by atoms with Crippen LogP contribution in [0, 0.1) is 0 Å². The van der Waals surface area contributed by atoms with Gasteiger partial charge in [-0.1, -0.05) is 24.3 Å². The van der Waals surface area contributed by atoms with Gasteiger partial charge in [0.2, 0.25) is 15.9 Å². The van der Waals surface area contributed by atoms with Crippen LogP contribution < -0.4 is 14.8 Å². The summed E-state index contributed by atoms with van der Waals surface area (Å²) in [4.78, 5) is 12.2. The predicted molar refractivity (Wildman–Crippen MR) is 103 cm³/mol. The summed E-state index contributed by atoms with van der Waals surface area (Å²) in [6.45, 7) is 1.87. The normalized spacial score (nSPS) is 12.3. The maximum absolute atomic E-state index is 12.2.